The van der Waals surface area contributed by atoms with Crippen LogP contribution in [0.15, 0.2) is 40.9 Å². The van der Waals surface area contributed by atoms with Gasteiger partial charge in [-0.15, -0.1) is 0 Å². The van der Waals surface area contributed by atoms with Crippen molar-refractivity contribution in [2.45, 2.75) is 6.61 Å². The van der Waals surface area contributed by atoms with Crippen LogP contribution >= 0.6 is 28.1 Å². The average Bonchev–Trinajstić information content (AvgIpc) is 2.48. The van der Waals surface area contributed by atoms with Crippen LogP contribution in [0, 0.1) is 5.82 Å². The number of nitrogens with two attached hydrogens (primary N) is 1. The van der Waals surface area contributed by atoms with Gasteiger partial charge in [-0.2, -0.15) is 0 Å². The van der Waals surface area contributed by atoms with Crippen LogP contribution in [-0.2, 0) is 6.61 Å². The van der Waals surface area contributed by atoms with Gasteiger partial charge in [0, 0.05) is 5.56 Å². The highest BCUT2D eigenvalue weighted by molar-refractivity contribution is 9.10. The smallest absolute Gasteiger partial charge is 0.161 e. The molecule has 0 saturated carbocycles. The van der Waals surface area contributed by atoms with Crippen molar-refractivity contribution in [2.24, 2.45) is 5.73 Å². The highest BCUT2D eigenvalue weighted by Gasteiger charge is 2.08. The van der Waals surface area contributed by atoms with Gasteiger partial charge in [-0.1, -0.05) is 18.3 Å². The third-order valence-electron chi connectivity index (χ3n) is 2.83. The summed E-state index contributed by atoms with van der Waals surface area (Å²) in [6.45, 7) is 0.293. The van der Waals surface area contributed by atoms with Crippen LogP contribution in [0.25, 0.3) is 0 Å². The second-order valence-electron chi connectivity index (χ2n) is 4.27. The van der Waals surface area contributed by atoms with Gasteiger partial charge >= 0.3 is 0 Å². The summed E-state index contributed by atoms with van der Waals surface area (Å²) >= 11 is 8.06. The van der Waals surface area contributed by atoms with Gasteiger partial charge < -0.3 is 15.2 Å². The largest absolute Gasteiger partial charge is 0.493 e. The molecule has 0 amide bonds. The summed E-state index contributed by atoms with van der Waals surface area (Å²) in [7, 11) is 1.54. The molecule has 0 aliphatic carbocycles. The Balaban J connectivity index is 2.15. The number of hydrogen-bond acceptors (Lipinski definition) is 3. The number of hydrogen-bond donors (Lipinski definition) is 1. The first kappa shape index (κ1) is 15.7. The first-order chi connectivity index (χ1) is 10.0. The molecule has 2 aromatic carbocycles. The Morgan fingerprint density at radius 1 is 1.24 bits per heavy atom. The molecule has 2 N–H and O–H groups in total. The highest BCUT2D eigenvalue weighted by Crippen LogP contribution is 2.29. The average molecular weight is 370 g/mol. The molecular formula is C15H13BrFNO2S. The molecule has 0 unspecified atom stereocenters. The van der Waals surface area contributed by atoms with Crippen LogP contribution in [0.1, 0.15) is 11.1 Å². The lowest BCUT2D eigenvalue weighted by molar-refractivity contribution is 0.284. The lowest BCUT2D eigenvalue weighted by Gasteiger charge is -2.12. The summed E-state index contributed by atoms with van der Waals surface area (Å²) in [6, 6.07) is 9.95. The summed E-state index contributed by atoms with van der Waals surface area (Å²) in [5.74, 6) is 0.802. The molecule has 0 aromatic heterocycles. The second-order valence-corrected chi connectivity index (χ2v) is 5.56. The molecule has 0 radical (unpaired) electrons. The van der Waals surface area contributed by atoms with E-state index >= 15 is 0 Å². The number of ether oxygens (including phenoxy) is 2. The zero-order valence-electron chi connectivity index (χ0n) is 11.2. The fourth-order valence-corrected chi connectivity index (χ4v) is 2.28. The van der Waals surface area contributed by atoms with E-state index in [9.17, 15) is 4.39 Å². The van der Waals surface area contributed by atoms with Crippen molar-refractivity contribution in [3.8, 4) is 11.5 Å². The molecular weight excluding hydrogens is 357 g/mol. The minimum absolute atomic E-state index is 0.293. The van der Waals surface area contributed by atoms with Gasteiger partial charge in [-0.25, -0.2) is 4.39 Å². The molecule has 6 heteroatoms. The van der Waals surface area contributed by atoms with Gasteiger partial charge in [0.05, 0.1) is 11.6 Å². The number of thiocarbonyl (C=S) groups is 1. The monoisotopic (exact) mass is 369 g/mol. The van der Waals surface area contributed by atoms with Crippen LogP contribution in [0.3, 0.4) is 0 Å². The van der Waals surface area contributed by atoms with Gasteiger partial charge in [0.25, 0.3) is 0 Å². The van der Waals surface area contributed by atoms with Crippen molar-refractivity contribution in [3.05, 3.63) is 57.8 Å². The highest BCUT2D eigenvalue weighted by atomic mass is 79.9. The van der Waals surface area contributed by atoms with Gasteiger partial charge in [0.2, 0.25) is 0 Å². The molecule has 0 aliphatic heterocycles. The lowest BCUT2D eigenvalue weighted by Crippen LogP contribution is -2.09. The number of halogens is 2. The van der Waals surface area contributed by atoms with E-state index in [1.807, 2.05) is 0 Å². The molecule has 0 heterocycles. The molecule has 0 spiro atoms. The van der Waals surface area contributed by atoms with Crippen LogP contribution < -0.4 is 15.2 Å². The first-order valence-corrected chi connectivity index (χ1v) is 7.26. The van der Waals surface area contributed by atoms with E-state index in [1.54, 1.807) is 37.4 Å². The van der Waals surface area contributed by atoms with Crippen molar-refractivity contribution < 1.29 is 13.9 Å². The Morgan fingerprint density at radius 3 is 2.62 bits per heavy atom. The van der Waals surface area contributed by atoms with Crippen molar-refractivity contribution in [2.75, 3.05) is 7.11 Å². The van der Waals surface area contributed by atoms with Crippen LogP contribution in [0.4, 0.5) is 4.39 Å². The van der Waals surface area contributed by atoms with E-state index in [0.717, 1.165) is 5.56 Å². The molecule has 0 atom stereocenters. The molecule has 0 fully saturated rings. The van der Waals surface area contributed by atoms with Crippen molar-refractivity contribution in [1.29, 1.82) is 0 Å². The van der Waals surface area contributed by atoms with Crippen LogP contribution in [0.2, 0.25) is 0 Å². The predicted octanol–water partition coefficient (Wildman–Crippen LogP) is 3.81. The Labute approximate surface area is 136 Å². The summed E-state index contributed by atoms with van der Waals surface area (Å²) in [4.78, 5) is 0.294. The first-order valence-electron chi connectivity index (χ1n) is 6.06. The summed E-state index contributed by atoms with van der Waals surface area (Å²) in [5.41, 5.74) is 7.12. The molecule has 110 valence electrons. The zero-order chi connectivity index (χ0) is 15.4. The number of benzene rings is 2. The Morgan fingerprint density at radius 2 is 2.00 bits per heavy atom. The third-order valence-corrected chi connectivity index (χ3v) is 3.67. The maximum atomic E-state index is 13.2. The lowest BCUT2D eigenvalue weighted by atomic mass is 10.2. The standard InChI is InChI=1S/C15H13BrFNO2S/c1-19-14-7-10(15(18)21)3-5-13(14)20-8-9-2-4-12(17)11(16)6-9/h2-7H,8H2,1H3,(H2,18,21). The Hall–Kier alpha value is -1.66. The fourth-order valence-electron chi connectivity index (χ4n) is 1.73. The molecule has 2 aromatic rings. The molecule has 0 aliphatic rings. The van der Waals surface area contributed by atoms with Gasteiger partial charge in [-0.05, 0) is 51.8 Å². The minimum atomic E-state index is -0.308. The maximum Gasteiger partial charge on any atom is 0.161 e. The maximum absolute atomic E-state index is 13.2. The third kappa shape index (κ3) is 3.92. The Kier molecular flexibility index (Phi) is 5.14. The second kappa shape index (κ2) is 6.87. The molecule has 0 bridgehead atoms. The molecule has 0 saturated heterocycles. The van der Waals surface area contributed by atoms with Crippen LogP contribution in [0.5, 0.6) is 11.5 Å². The van der Waals surface area contributed by atoms with E-state index in [4.69, 9.17) is 27.4 Å². The molecule has 2 rings (SSSR count). The van der Waals surface area contributed by atoms with Crippen molar-refractivity contribution in [1.82, 2.24) is 0 Å². The van der Waals surface area contributed by atoms with Gasteiger partial charge in [0.1, 0.15) is 17.4 Å². The summed E-state index contributed by atoms with van der Waals surface area (Å²) < 4.78 is 24.5. The topological polar surface area (TPSA) is 44.5 Å². The van der Waals surface area contributed by atoms with E-state index in [1.165, 1.54) is 6.07 Å². The quantitative estimate of drug-likeness (QED) is 0.813. The van der Waals surface area contributed by atoms with Gasteiger partial charge in [-0.3, -0.25) is 0 Å². The SMILES string of the molecule is COc1cc(C(N)=S)ccc1OCc1ccc(F)c(Br)c1. The van der Waals surface area contributed by atoms with E-state index in [-0.39, 0.29) is 5.82 Å². The van der Waals surface area contributed by atoms with Gasteiger partial charge in [0.15, 0.2) is 11.5 Å². The van der Waals surface area contributed by atoms with Crippen molar-refractivity contribution >= 4 is 33.1 Å². The van der Waals surface area contributed by atoms with E-state index < -0.39 is 0 Å². The fraction of sp³-hybridized carbons (Fsp3) is 0.133. The summed E-state index contributed by atoms with van der Waals surface area (Å²) in [6.07, 6.45) is 0. The predicted molar refractivity (Wildman–Crippen MR) is 87.3 cm³/mol. The number of methoxy groups -OCH3 is 1. The minimum Gasteiger partial charge on any atom is -0.493 e. The summed E-state index contributed by atoms with van der Waals surface area (Å²) in [5, 5.41) is 0. The van der Waals surface area contributed by atoms with Crippen molar-refractivity contribution in [3.63, 3.8) is 0 Å². The Bertz CT molecular complexity index is 679. The zero-order valence-corrected chi connectivity index (χ0v) is 13.6. The number of rotatable bonds is 5. The van der Waals surface area contributed by atoms with E-state index in [0.29, 0.717) is 33.1 Å². The molecule has 3 nitrogen and oxygen atoms in total. The molecule has 21 heavy (non-hydrogen) atoms. The normalized spacial score (nSPS) is 10.2. The van der Waals surface area contributed by atoms with E-state index in [2.05, 4.69) is 15.9 Å². The van der Waals surface area contributed by atoms with Crippen LogP contribution in [-0.4, -0.2) is 12.1 Å².